The smallest absolute Gasteiger partial charge is 0.257 e. The molecule has 2 aliphatic rings. The summed E-state index contributed by atoms with van der Waals surface area (Å²) in [6.07, 6.45) is 0. The summed E-state index contributed by atoms with van der Waals surface area (Å²) < 4.78 is 10.3. The molecule has 0 fully saturated rings. The summed E-state index contributed by atoms with van der Waals surface area (Å²) in [6, 6.07) is 121. The molecule has 0 saturated carbocycles. The Morgan fingerprint density at radius 1 is 0.323 bits per heavy atom. The molecule has 14 aromatic carbocycles. The molecule has 18 rings (SSSR count). The molecule has 0 spiro atoms. The van der Waals surface area contributed by atoms with Gasteiger partial charge in [0, 0.05) is 78.5 Å². The van der Waals surface area contributed by atoms with Crippen LogP contribution in [0.2, 0.25) is 0 Å². The molecule has 0 atom stereocenters. The Morgan fingerprint density at radius 2 is 0.747 bits per heavy atom. The second-order valence-corrected chi connectivity index (χ2v) is 28.5. The topological polar surface area (TPSA) is 31.0 Å². The molecule has 16 aromatic rings. The predicted octanol–water partition coefficient (Wildman–Crippen LogP) is 23.6. The zero-order valence-corrected chi connectivity index (χ0v) is 56.4. The fourth-order valence-electron chi connectivity index (χ4n) is 15.7. The van der Waals surface area contributed by atoms with Gasteiger partial charge in [-0.1, -0.05) is 248 Å². The second-order valence-electron chi connectivity index (χ2n) is 28.5. The normalized spacial score (nSPS) is 12.7. The van der Waals surface area contributed by atoms with Gasteiger partial charge in [0.2, 0.25) is 0 Å². The largest absolute Gasteiger partial charge is 0.456 e. The van der Waals surface area contributed by atoms with Crippen LogP contribution in [-0.2, 0) is 10.8 Å². The number of nitrogens with zero attached hydrogens (tertiary/aromatic N) is 5. The molecule has 0 aliphatic carbocycles. The van der Waals surface area contributed by atoms with E-state index in [9.17, 15) is 0 Å². The number of fused-ring (bicyclic) bond motifs is 11. The van der Waals surface area contributed by atoms with Gasteiger partial charge in [0.1, 0.15) is 11.2 Å². The minimum atomic E-state index is -0.383. The molecule has 6 nitrogen and oxygen atoms in total. The fourth-order valence-corrected chi connectivity index (χ4v) is 15.7. The Balaban J connectivity index is 1.05. The molecule has 0 N–H and O–H groups in total. The van der Waals surface area contributed by atoms with Gasteiger partial charge in [0.25, 0.3) is 6.71 Å². The third-order valence-electron chi connectivity index (χ3n) is 20.4. The zero-order chi connectivity index (χ0) is 66.7. The van der Waals surface area contributed by atoms with E-state index in [1.807, 2.05) is 0 Å². The van der Waals surface area contributed by atoms with Crippen LogP contribution in [-0.4, -0.2) is 11.3 Å². The van der Waals surface area contributed by atoms with Gasteiger partial charge < -0.3 is 28.6 Å². The van der Waals surface area contributed by atoms with Crippen molar-refractivity contribution in [2.45, 2.75) is 52.4 Å². The summed E-state index contributed by atoms with van der Waals surface area (Å²) in [6.45, 7) is 13.6. The first kappa shape index (κ1) is 59.4. The molecule has 0 bridgehead atoms. The fraction of sp³-hybridized carbons (Fsp3) is 0.0870. The molecule has 0 radical (unpaired) electrons. The van der Waals surface area contributed by atoms with E-state index in [2.05, 4.69) is 393 Å². The maximum atomic E-state index is 7.77. The summed E-state index contributed by atoms with van der Waals surface area (Å²) in [5, 5.41) is 4.54. The molecular formula is C92H72BN5O. The van der Waals surface area contributed by atoms with Crippen LogP contribution in [0.15, 0.2) is 332 Å². The number of para-hydroxylation sites is 7. The SMILES string of the molecule is CC(C)(C)c1ccc2c(c1)c1cc(C(C)(C)C)ccc1n2-c1cc2c3c(c1)N(c1ccccc1-c1ccccc1)c1cc(N(c4ccccc4)c4ccccc4)c4c(oc5ccccc54)c1B3c1ccc(N(c3ccccc3)c3ccccc3)cc1N2c1ccccc1-c1ccccc1. The summed E-state index contributed by atoms with van der Waals surface area (Å²) in [5.41, 5.74) is 27.8. The Bertz CT molecular complexity index is 5610. The Hall–Kier alpha value is -12.1. The summed E-state index contributed by atoms with van der Waals surface area (Å²) >= 11 is 0. The highest BCUT2D eigenvalue weighted by molar-refractivity contribution is 7.01. The molecule has 99 heavy (non-hydrogen) atoms. The number of hydrogen-bond donors (Lipinski definition) is 0. The molecule has 7 heteroatoms. The first-order chi connectivity index (χ1) is 48.4. The van der Waals surface area contributed by atoms with E-state index in [1.165, 1.54) is 27.4 Å². The zero-order valence-electron chi connectivity index (χ0n) is 56.4. The molecule has 2 aromatic heterocycles. The third-order valence-corrected chi connectivity index (χ3v) is 20.4. The van der Waals surface area contributed by atoms with Crippen molar-refractivity contribution in [3.05, 3.63) is 339 Å². The molecule has 4 heterocycles. The summed E-state index contributed by atoms with van der Waals surface area (Å²) in [4.78, 5) is 10.1. The highest BCUT2D eigenvalue weighted by Gasteiger charge is 2.47. The van der Waals surface area contributed by atoms with E-state index in [1.54, 1.807) is 0 Å². The lowest BCUT2D eigenvalue weighted by molar-refractivity contribution is 0.590. The van der Waals surface area contributed by atoms with Crippen molar-refractivity contribution in [3.63, 3.8) is 0 Å². The van der Waals surface area contributed by atoms with Crippen LogP contribution < -0.4 is 36.0 Å². The Labute approximate surface area is 579 Å². The van der Waals surface area contributed by atoms with E-state index >= 15 is 0 Å². The summed E-state index contributed by atoms with van der Waals surface area (Å²) in [7, 11) is 0. The first-order valence-corrected chi connectivity index (χ1v) is 34.5. The second kappa shape index (κ2) is 23.4. The monoisotopic (exact) mass is 1270 g/mol. The van der Waals surface area contributed by atoms with Crippen LogP contribution in [0.3, 0.4) is 0 Å². The molecule has 2 aliphatic heterocycles. The van der Waals surface area contributed by atoms with Gasteiger partial charge in [-0.25, -0.2) is 0 Å². The summed E-state index contributed by atoms with van der Waals surface area (Å²) in [5.74, 6) is 0. The first-order valence-electron chi connectivity index (χ1n) is 34.5. The van der Waals surface area contributed by atoms with Gasteiger partial charge in [-0.05, 0) is 171 Å². The maximum absolute atomic E-state index is 7.77. The van der Waals surface area contributed by atoms with E-state index in [0.29, 0.717) is 0 Å². The van der Waals surface area contributed by atoms with Crippen LogP contribution in [0.5, 0.6) is 0 Å². The van der Waals surface area contributed by atoms with Crippen molar-refractivity contribution in [1.29, 1.82) is 0 Å². The number of rotatable bonds is 11. The number of furan rings is 1. The van der Waals surface area contributed by atoms with Crippen LogP contribution in [0.1, 0.15) is 52.7 Å². The molecule has 0 saturated heterocycles. The van der Waals surface area contributed by atoms with Gasteiger partial charge in [-0.2, -0.15) is 0 Å². The number of anilines is 12. The van der Waals surface area contributed by atoms with Gasteiger partial charge in [-0.15, -0.1) is 0 Å². The average Bonchev–Trinajstić information content (AvgIpc) is 1.67. The standard InChI is InChI=1S/C92H72BN5O/c1-91(2,3)63-49-53-79-74(55-63)75-56-64(92(4,5)6)50-54-80(75)96(79)70-58-83-88-84(59-70)98(78-47-29-26-44-72(78)62-33-15-8-16-34-62)85-60-82(95(67-39-21-11-22-40-67)68-41-23-12-24-42-68)87-73-45-27-30-48-86(73)99-90(87)89(85)93(88)76-52-51-69(94(65-35-17-9-18-36-65)66-37-19-10-20-38-66)57-81(76)97(83)77-46-28-25-43-71(77)61-31-13-7-14-32-61/h7-60H,1-6H3. The highest BCUT2D eigenvalue weighted by atomic mass is 16.3. The average molecular weight is 1270 g/mol. The molecular weight excluding hydrogens is 1200 g/mol. The molecule has 474 valence electrons. The number of aromatic nitrogens is 1. The van der Waals surface area contributed by atoms with Gasteiger partial charge >= 0.3 is 0 Å². The highest BCUT2D eigenvalue weighted by Crippen LogP contribution is 2.54. The Morgan fingerprint density at radius 3 is 1.24 bits per heavy atom. The third kappa shape index (κ3) is 9.85. The van der Waals surface area contributed by atoms with Crippen molar-refractivity contribution >= 4 is 135 Å². The van der Waals surface area contributed by atoms with Crippen LogP contribution in [0, 0.1) is 0 Å². The van der Waals surface area contributed by atoms with E-state index in [-0.39, 0.29) is 17.5 Å². The van der Waals surface area contributed by atoms with Crippen molar-refractivity contribution in [2.24, 2.45) is 0 Å². The van der Waals surface area contributed by atoms with E-state index < -0.39 is 0 Å². The van der Waals surface area contributed by atoms with Crippen LogP contribution >= 0.6 is 0 Å². The molecule has 0 amide bonds. The van der Waals surface area contributed by atoms with Crippen molar-refractivity contribution in [1.82, 2.24) is 4.57 Å². The minimum Gasteiger partial charge on any atom is -0.456 e. The Kier molecular flexibility index (Phi) is 14.0. The molecule has 0 unspecified atom stereocenters. The van der Waals surface area contributed by atoms with Crippen molar-refractivity contribution in [3.8, 4) is 27.9 Å². The maximum Gasteiger partial charge on any atom is 0.257 e. The van der Waals surface area contributed by atoms with E-state index in [0.717, 1.165) is 140 Å². The number of benzene rings is 14. The quantitative estimate of drug-likeness (QED) is 0.121. The van der Waals surface area contributed by atoms with Crippen molar-refractivity contribution < 1.29 is 4.42 Å². The minimum absolute atomic E-state index is 0.0918. The van der Waals surface area contributed by atoms with Crippen LogP contribution in [0.25, 0.3) is 71.7 Å². The van der Waals surface area contributed by atoms with Gasteiger partial charge in [0.05, 0.1) is 39.2 Å². The lowest BCUT2D eigenvalue weighted by Crippen LogP contribution is -2.61. The van der Waals surface area contributed by atoms with Crippen LogP contribution in [0.4, 0.5) is 68.2 Å². The van der Waals surface area contributed by atoms with Gasteiger partial charge in [0.15, 0.2) is 0 Å². The van der Waals surface area contributed by atoms with E-state index in [4.69, 9.17) is 4.42 Å². The lowest BCUT2D eigenvalue weighted by atomic mass is 9.33. The lowest BCUT2D eigenvalue weighted by Gasteiger charge is -2.45. The van der Waals surface area contributed by atoms with Gasteiger partial charge in [-0.3, -0.25) is 0 Å². The number of hydrogen-bond acceptors (Lipinski definition) is 5. The predicted molar refractivity (Wildman–Crippen MR) is 420 cm³/mol. The van der Waals surface area contributed by atoms with Crippen molar-refractivity contribution in [2.75, 3.05) is 19.6 Å².